The average molecular weight is 557 g/mol. The third-order valence-electron chi connectivity index (χ3n) is 9.03. The molecule has 1 nitrogen and oxygen atoms in total. The minimum atomic E-state index is -0.216. The molecule has 2 rings (SSSR count). The van der Waals surface area contributed by atoms with Gasteiger partial charge in [-0.05, 0) is 108 Å². The van der Waals surface area contributed by atoms with Crippen LogP contribution in [0.4, 0.5) is 0 Å². The Morgan fingerprint density at radius 1 is 0.854 bits per heavy atom. The highest BCUT2D eigenvalue weighted by Crippen LogP contribution is 2.43. The van der Waals surface area contributed by atoms with Crippen molar-refractivity contribution in [1.29, 1.82) is 0 Å². The molecular weight excluding hydrogens is 496 g/mol. The lowest BCUT2D eigenvalue weighted by Gasteiger charge is -2.35. The lowest BCUT2D eigenvalue weighted by Crippen LogP contribution is -2.28. The van der Waals surface area contributed by atoms with E-state index in [4.69, 9.17) is 0 Å². The number of aliphatic hydroxyl groups is 1. The van der Waals surface area contributed by atoms with Crippen LogP contribution in [0.25, 0.3) is 0 Å². The van der Waals surface area contributed by atoms with Crippen molar-refractivity contribution >= 4 is 0 Å². The van der Waals surface area contributed by atoms with Crippen LogP contribution in [0.15, 0.2) is 106 Å². The summed E-state index contributed by atoms with van der Waals surface area (Å²) in [6.45, 7) is 22.7. The maximum atomic E-state index is 10.1. The molecule has 0 saturated carbocycles. The van der Waals surface area contributed by atoms with Crippen LogP contribution in [-0.2, 0) is 0 Å². The highest BCUT2D eigenvalue weighted by molar-refractivity contribution is 5.38. The fraction of sp³-hybridized carbons (Fsp3) is 0.550. The van der Waals surface area contributed by atoms with E-state index in [2.05, 4.69) is 136 Å². The zero-order chi connectivity index (χ0) is 30.6. The zero-order valence-corrected chi connectivity index (χ0v) is 28.1. The van der Waals surface area contributed by atoms with Gasteiger partial charge in [-0.2, -0.15) is 0 Å². The second-order valence-corrected chi connectivity index (χ2v) is 14.2. The Labute approximate surface area is 254 Å². The molecule has 0 aromatic rings. The zero-order valence-electron chi connectivity index (χ0n) is 28.1. The Bertz CT molecular complexity index is 1150. The van der Waals surface area contributed by atoms with Crippen LogP contribution in [0.3, 0.4) is 0 Å². The van der Waals surface area contributed by atoms with Crippen LogP contribution in [0, 0.1) is 16.7 Å². The Morgan fingerprint density at radius 3 is 2.10 bits per heavy atom. The van der Waals surface area contributed by atoms with Crippen LogP contribution >= 0.6 is 0 Å². The highest BCUT2D eigenvalue weighted by Gasteiger charge is 2.31. The van der Waals surface area contributed by atoms with E-state index < -0.39 is 0 Å². The molecule has 0 aromatic carbocycles. The average Bonchev–Trinajstić information content (AvgIpc) is 2.84. The molecule has 0 amide bonds. The summed E-state index contributed by atoms with van der Waals surface area (Å²) in [6, 6.07) is 0. The molecule has 0 aliphatic heterocycles. The number of hydrogen-bond acceptors (Lipinski definition) is 1. The third kappa shape index (κ3) is 12.2. The summed E-state index contributed by atoms with van der Waals surface area (Å²) >= 11 is 0. The molecule has 0 aromatic heterocycles. The minimum absolute atomic E-state index is 0.0182. The van der Waals surface area contributed by atoms with E-state index in [9.17, 15) is 5.11 Å². The molecule has 2 aliphatic rings. The summed E-state index contributed by atoms with van der Waals surface area (Å²) in [7, 11) is 0. The summed E-state index contributed by atoms with van der Waals surface area (Å²) in [5.74, 6) is 0.715. The van der Waals surface area contributed by atoms with Crippen LogP contribution in [0.1, 0.15) is 121 Å². The van der Waals surface area contributed by atoms with Gasteiger partial charge in [-0.3, -0.25) is 0 Å². The van der Waals surface area contributed by atoms with Gasteiger partial charge in [0.25, 0.3) is 0 Å². The lowest BCUT2D eigenvalue weighted by atomic mass is 9.70. The molecule has 1 heteroatoms. The van der Waals surface area contributed by atoms with E-state index in [1.54, 1.807) is 11.1 Å². The van der Waals surface area contributed by atoms with Crippen molar-refractivity contribution < 1.29 is 5.11 Å². The van der Waals surface area contributed by atoms with Crippen molar-refractivity contribution in [1.82, 2.24) is 0 Å². The largest absolute Gasteiger partial charge is 0.393 e. The van der Waals surface area contributed by atoms with Gasteiger partial charge in [-0.15, -0.1) is 0 Å². The molecule has 0 bridgehead atoms. The predicted octanol–water partition coefficient (Wildman–Crippen LogP) is 11.9. The van der Waals surface area contributed by atoms with E-state index in [1.165, 1.54) is 60.0 Å². The van der Waals surface area contributed by atoms with Crippen LogP contribution in [0.2, 0.25) is 0 Å². The molecule has 226 valence electrons. The van der Waals surface area contributed by atoms with E-state index in [0.717, 1.165) is 19.3 Å². The van der Waals surface area contributed by atoms with E-state index in [1.807, 2.05) is 0 Å². The second kappa shape index (κ2) is 16.3. The van der Waals surface area contributed by atoms with Gasteiger partial charge in [-0.25, -0.2) is 0 Å². The van der Waals surface area contributed by atoms with Gasteiger partial charge in [0.1, 0.15) is 0 Å². The normalized spacial score (nSPS) is 23.7. The number of rotatable bonds is 12. The standard InChI is InChI=1S/C40H60O/c1-30(18-13-20-32(3)23-25-37-34(5)22-15-27-39(37,7)8)16-11-12-17-31(2)19-14-21-33(4)24-26-38-35(6)28-36(41)29-40(38,9)10/h11-14,16-19,21,24,26,32,36,41H,15,20,22-23,25,27-29H2,1-10H3/b12-11+,18-13+,19-14+,26-24+,30-16+,31-17+,33-21+/t32?,36-/m1/s1. The van der Waals surface area contributed by atoms with Gasteiger partial charge >= 0.3 is 0 Å². The molecule has 0 saturated heterocycles. The second-order valence-electron chi connectivity index (χ2n) is 14.2. The van der Waals surface area contributed by atoms with Gasteiger partial charge in [-0.1, -0.05) is 135 Å². The smallest absolute Gasteiger partial charge is 0.0585 e. The van der Waals surface area contributed by atoms with Crippen molar-refractivity contribution in [2.45, 2.75) is 127 Å². The molecule has 1 unspecified atom stereocenters. The quantitative estimate of drug-likeness (QED) is 0.187. The van der Waals surface area contributed by atoms with E-state index in [0.29, 0.717) is 11.3 Å². The van der Waals surface area contributed by atoms with Crippen LogP contribution in [0.5, 0.6) is 0 Å². The summed E-state index contributed by atoms with van der Waals surface area (Å²) in [6.07, 6.45) is 33.1. The minimum Gasteiger partial charge on any atom is -0.393 e. The molecule has 1 N–H and O–H groups in total. The van der Waals surface area contributed by atoms with Gasteiger partial charge in [0.2, 0.25) is 0 Å². The Kier molecular flexibility index (Phi) is 13.8. The summed E-state index contributed by atoms with van der Waals surface area (Å²) in [5.41, 5.74) is 10.2. The van der Waals surface area contributed by atoms with E-state index in [-0.39, 0.29) is 11.5 Å². The topological polar surface area (TPSA) is 20.2 Å². The predicted molar refractivity (Wildman–Crippen MR) is 183 cm³/mol. The molecule has 0 radical (unpaired) electrons. The van der Waals surface area contributed by atoms with Crippen molar-refractivity contribution in [2.24, 2.45) is 16.7 Å². The first kappa shape index (κ1) is 34.8. The first-order chi connectivity index (χ1) is 19.2. The van der Waals surface area contributed by atoms with Gasteiger partial charge in [0.05, 0.1) is 6.10 Å². The van der Waals surface area contributed by atoms with Gasteiger partial charge in [0.15, 0.2) is 0 Å². The molecule has 0 heterocycles. The third-order valence-corrected chi connectivity index (χ3v) is 9.03. The SMILES string of the molecule is CC1=C(/C=C/C(C)=C/C=C/C(C)=C/C=C/C=C(C)/C=C/CC(C)CCC2=C(C)CCCC2(C)C)C(C)(C)C[C@H](O)C1. The van der Waals surface area contributed by atoms with Crippen LogP contribution < -0.4 is 0 Å². The fourth-order valence-corrected chi connectivity index (χ4v) is 6.55. The van der Waals surface area contributed by atoms with Crippen molar-refractivity contribution in [3.63, 3.8) is 0 Å². The van der Waals surface area contributed by atoms with Crippen LogP contribution in [-0.4, -0.2) is 11.2 Å². The summed E-state index contributed by atoms with van der Waals surface area (Å²) in [5, 5.41) is 10.1. The monoisotopic (exact) mass is 556 g/mol. The molecule has 0 spiro atoms. The number of hydrogen-bond donors (Lipinski definition) is 1. The number of allylic oxidation sites excluding steroid dienone is 17. The van der Waals surface area contributed by atoms with Gasteiger partial charge in [0, 0.05) is 0 Å². The van der Waals surface area contributed by atoms with Crippen molar-refractivity contribution in [3.05, 3.63) is 106 Å². The Hall–Kier alpha value is -2.38. The number of aliphatic hydroxyl groups excluding tert-OH is 1. The van der Waals surface area contributed by atoms with Crippen molar-refractivity contribution in [3.8, 4) is 0 Å². The Morgan fingerprint density at radius 2 is 1.46 bits per heavy atom. The molecule has 2 aliphatic carbocycles. The maximum absolute atomic E-state index is 10.1. The molecule has 0 fully saturated rings. The molecule has 41 heavy (non-hydrogen) atoms. The first-order valence-electron chi connectivity index (χ1n) is 16.0. The van der Waals surface area contributed by atoms with E-state index >= 15 is 0 Å². The Balaban J connectivity index is 1.80. The summed E-state index contributed by atoms with van der Waals surface area (Å²) in [4.78, 5) is 0. The highest BCUT2D eigenvalue weighted by atomic mass is 16.3. The molecule has 2 atom stereocenters. The molecular formula is C40H60O. The first-order valence-corrected chi connectivity index (χ1v) is 16.0. The lowest BCUT2D eigenvalue weighted by molar-refractivity contribution is 0.116. The van der Waals surface area contributed by atoms with Crippen molar-refractivity contribution in [2.75, 3.05) is 0 Å². The van der Waals surface area contributed by atoms with Gasteiger partial charge < -0.3 is 5.11 Å². The fourth-order valence-electron chi connectivity index (χ4n) is 6.55. The summed E-state index contributed by atoms with van der Waals surface area (Å²) < 4.78 is 0. The maximum Gasteiger partial charge on any atom is 0.0585 e.